The SMILES string of the molecule is Cc1cnc2[nH]cc(Cc3cnc(Nc4ccccc4C(C)(C)C)nc3)c2c1. The number of anilines is 2. The summed E-state index contributed by atoms with van der Waals surface area (Å²) in [5.74, 6) is 0.608. The number of H-pyrrole nitrogens is 1. The van der Waals surface area contributed by atoms with Gasteiger partial charge < -0.3 is 10.3 Å². The van der Waals surface area contributed by atoms with Crippen LogP contribution in [0.2, 0.25) is 0 Å². The average molecular weight is 371 g/mol. The Morgan fingerprint density at radius 2 is 1.75 bits per heavy atom. The molecule has 0 aliphatic carbocycles. The second kappa shape index (κ2) is 7.08. The Labute approximate surface area is 165 Å². The molecule has 3 aromatic heterocycles. The summed E-state index contributed by atoms with van der Waals surface area (Å²) in [7, 11) is 0. The number of aryl methyl sites for hydroxylation is 1. The topological polar surface area (TPSA) is 66.5 Å². The van der Waals surface area contributed by atoms with Crippen LogP contribution >= 0.6 is 0 Å². The number of aromatic nitrogens is 4. The third-order valence-corrected chi connectivity index (χ3v) is 4.83. The van der Waals surface area contributed by atoms with Crippen LogP contribution in [0.25, 0.3) is 11.0 Å². The summed E-state index contributed by atoms with van der Waals surface area (Å²) in [6, 6.07) is 10.5. The van der Waals surface area contributed by atoms with Gasteiger partial charge in [0.25, 0.3) is 0 Å². The zero-order valence-corrected chi connectivity index (χ0v) is 16.7. The van der Waals surface area contributed by atoms with Crippen molar-refractivity contribution in [3.05, 3.63) is 77.4 Å². The molecule has 0 aliphatic rings. The molecule has 3 heterocycles. The fourth-order valence-corrected chi connectivity index (χ4v) is 3.41. The molecule has 0 radical (unpaired) electrons. The summed E-state index contributed by atoms with van der Waals surface area (Å²) < 4.78 is 0. The molecule has 142 valence electrons. The Morgan fingerprint density at radius 1 is 1.00 bits per heavy atom. The predicted molar refractivity (Wildman–Crippen MR) is 114 cm³/mol. The van der Waals surface area contributed by atoms with Crippen LogP contribution in [-0.4, -0.2) is 19.9 Å². The zero-order valence-electron chi connectivity index (χ0n) is 16.7. The highest BCUT2D eigenvalue weighted by molar-refractivity contribution is 5.80. The second-order valence-corrected chi connectivity index (χ2v) is 8.24. The summed E-state index contributed by atoms with van der Waals surface area (Å²) in [5.41, 5.74) is 6.67. The molecule has 0 bridgehead atoms. The Hall–Kier alpha value is -3.21. The van der Waals surface area contributed by atoms with E-state index in [4.69, 9.17) is 0 Å². The van der Waals surface area contributed by atoms with E-state index in [0.717, 1.165) is 34.3 Å². The molecular formula is C23H25N5. The van der Waals surface area contributed by atoms with E-state index in [1.807, 2.05) is 30.9 Å². The van der Waals surface area contributed by atoms with Gasteiger partial charge in [0.1, 0.15) is 5.65 Å². The first-order valence-corrected chi connectivity index (χ1v) is 9.50. The Bertz CT molecular complexity index is 1100. The van der Waals surface area contributed by atoms with Gasteiger partial charge >= 0.3 is 0 Å². The van der Waals surface area contributed by atoms with Crippen LogP contribution in [0.4, 0.5) is 11.6 Å². The minimum Gasteiger partial charge on any atom is -0.346 e. The van der Waals surface area contributed by atoms with Crippen molar-refractivity contribution in [3.8, 4) is 0 Å². The van der Waals surface area contributed by atoms with E-state index in [9.17, 15) is 0 Å². The van der Waals surface area contributed by atoms with Crippen LogP contribution in [-0.2, 0) is 11.8 Å². The summed E-state index contributed by atoms with van der Waals surface area (Å²) in [5, 5.41) is 4.52. The number of fused-ring (bicyclic) bond motifs is 1. The van der Waals surface area contributed by atoms with Gasteiger partial charge in [0.15, 0.2) is 0 Å². The number of nitrogens with zero attached hydrogens (tertiary/aromatic N) is 3. The largest absolute Gasteiger partial charge is 0.346 e. The highest BCUT2D eigenvalue weighted by Gasteiger charge is 2.17. The van der Waals surface area contributed by atoms with Gasteiger partial charge in [0, 0.05) is 42.3 Å². The molecule has 0 saturated heterocycles. The number of nitrogens with one attached hydrogen (secondary N) is 2. The molecule has 0 atom stereocenters. The van der Waals surface area contributed by atoms with Gasteiger partial charge in [-0.05, 0) is 46.7 Å². The second-order valence-electron chi connectivity index (χ2n) is 8.24. The maximum atomic E-state index is 4.53. The highest BCUT2D eigenvalue weighted by atomic mass is 15.1. The molecule has 2 N–H and O–H groups in total. The van der Waals surface area contributed by atoms with Gasteiger partial charge in [0.05, 0.1) is 0 Å². The molecule has 5 nitrogen and oxygen atoms in total. The maximum Gasteiger partial charge on any atom is 0.227 e. The van der Waals surface area contributed by atoms with Crippen molar-refractivity contribution < 1.29 is 0 Å². The van der Waals surface area contributed by atoms with Crippen molar-refractivity contribution in [3.63, 3.8) is 0 Å². The fourth-order valence-electron chi connectivity index (χ4n) is 3.41. The van der Waals surface area contributed by atoms with E-state index in [1.54, 1.807) is 0 Å². The number of para-hydroxylation sites is 1. The average Bonchev–Trinajstić information content (AvgIpc) is 3.05. The van der Waals surface area contributed by atoms with Crippen molar-refractivity contribution >= 4 is 22.7 Å². The lowest BCUT2D eigenvalue weighted by Gasteiger charge is -2.22. The van der Waals surface area contributed by atoms with Crippen molar-refractivity contribution in [2.75, 3.05) is 5.32 Å². The molecular weight excluding hydrogens is 346 g/mol. The number of rotatable bonds is 4. The van der Waals surface area contributed by atoms with Crippen molar-refractivity contribution in [1.29, 1.82) is 0 Å². The van der Waals surface area contributed by atoms with Crippen LogP contribution in [0.3, 0.4) is 0 Å². The molecule has 5 heteroatoms. The minimum atomic E-state index is 0.0467. The molecule has 0 unspecified atom stereocenters. The van der Waals surface area contributed by atoms with E-state index in [0.29, 0.717) is 5.95 Å². The van der Waals surface area contributed by atoms with Gasteiger partial charge in [0.2, 0.25) is 5.95 Å². The fraction of sp³-hybridized carbons (Fsp3) is 0.261. The van der Waals surface area contributed by atoms with Gasteiger partial charge in [-0.25, -0.2) is 15.0 Å². The number of pyridine rings is 1. The number of hydrogen-bond donors (Lipinski definition) is 2. The van der Waals surface area contributed by atoms with Gasteiger partial charge in [-0.3, -0.25) is 0 Å². The molecule has 0 saturated carbocycles. The monoisotopic (exact) mass is 371 g/mol. The molecule has 4 rings (SSSR count). The first-order valence-electron chi connectivity index (χ1n) is 9.50. The van der Waals surface area contributed by atoms with E-state index in [2.05, 4.69) is 77.2 Å². The van der Waals surface area contributed by atoms with Crippen LogP contribution in [0.1, 0.15) is 43.0 Å². The summed E-state index contributed by atoms with van der Waals surface area (Å²) >= 11 is 0. The quantitative estimate of drug-likeness (QED) is 0.511. The number of aromatic amines is 1. The molecule has 0 fully saturated rings. The lowest BCUT2D eigenvalue weighted by Crippen LogP contribution is -2.14. The maximum absolute atomic E-state index is 4.53. The normalized spacial score (nSPS) is 11.7. The smallest absolute Gasteiger partial charge is 0.227 e. The number of benzene rings is 1. The Balaban J connectivity index is 1.54. The van der Waals surface area contributed by atoms with E-state index in [-0.39, 0.29) is 5.41 Å². The molecule has 0 aliphatic heterocycles. The Morgan fingerprint density at radius 3 is 2.50 bits per heavy atom. The minimum absolute atomic E-state index is 0.0467. The lowest BCUT2D eigenvalue weighted by molar-refractivity contribution is 0.592. The lowest BCUT2D eigenvalue weighted by atomic mass is 9.86. The molecule has 0 spiro atoms. The van der Waals surface area contributed by atoms with E-state index < -0.39 is 0 Å². The summed E-state index contributed by atoms with van der Waals surface area (Å²) in [4.78, 5) is 16.7. The van der Waals surface area contributed by atoms with Crippen LogP contribution in [0, 0.1) is 6.92 Å². The van der Waals surface area contributed by atoms with Crippen LogP contribution < -0.4 is 5.32 Å². The third kappa shape index (κ3) is 3.74. The first kappa shape index (κ1) is 18.2. The van der Waals surface area contributed by atoms with Crippen molar-refractivity contribution in [1.82, 2.24) is 19.9 Å². The highest BCUT2D eigenvalue weighted by Crippen LogP contribution is 2.30. The van der Waals surface area contributed by atoms with Crippen molar-refractivity contribution in [2.24, 2.45) is 0 Å². The van der Waals surface area contributed by atoms with Gasteiger partial charge in [-0.15, -0.1) is 0 Å². The summed E-state index contributed by atoms with van der Waals surface area (Å²) in [6.07, 6.45) is 8.43. The number of hydrogen-bond acceptors (Lipinski definition) is 4. The molecule has 1 aromatic carbocycles. The zero-order chi connectivity index (χ0) is 19.7. The molecule has 4 aromatic rings. The van der Waals surface area contributed by atoms with Gasteiger partial charge in [-0.2, -0.15) is 0 Å². The van der Waals surface area contributed by atoms with Gasteiger partial charge in [-0.1, -0.05) is 39.0 Å². The summed E-state index contributed by atoms with van der Waals surface area (Å²) in [6.45, 7) is 8.67. The Kier molecular flexibility index (Phi) is 4.59. The van der Waals surface area contributed by atoms with Crippen LogP contribution in [0.15, 0.2) is 55.1 Å². The van der Waals surface area contributed by atoms with Crippen molar-refractivity contribution in [2.45, 2.75) is 39.5 Å². The third-order valence-electron chi connectivity index (χ3n) is 4.83. The van der Waals surface area contributed by atoms with E-state index >= 15 is 0 Å². The molecule has 0 amide bonds. The van der Waals surface area contributed by atoms with E-state index in [1.165, 1.54) is 11.1 Å². The molecule has 28 heavy (non-hydrogen) atoms. The van der Waals surface area contributed by atoms with Crippen LogP contribution in [0.5, 0.6) is 0 Å². The standard InChI is InChI=1S/C23H25N5/c1-15-9-18-17(14-25-21(18)24-11-15)10-16-12-26-22(27-13-16)28-20-8-6-5-7-19(20)23(2,3)4/h5-9,11-14H,10H2,1-4H3,(H,24,25)(H,26,27,28). The predicted octanol–water partition coefficient (Wildman–Crippen LogP) is 5.29. The first-order chi connectivity index (χ1) is 13.4.